The standard InChI is InChI=1S/C11H6BrClFN/c12-8-5-10(14)11(15-6-8)7-2-1-3-9(13)4-7/h1-6H. The van der Waals surface area contributed by atoms with E-state index in [1.54, 1.807) is 30.5 Å². The van der Waals surface area contributed by atoms with Crippen LogP contribution in [0.3, 0.4) is 0 Å². The zero-order valence-electron chi connectivity index (χ0n) is 7.55. The Morgan fingerprint density at radius 2 is 2.07 bits per heavy atom. The van der Waals surface area contributed by atoms with E-state index in [1.165, 1.54) is 6.07 Å². The average Bonchev–Trinajstić information content (AvgIpc) is 2.17. The minimum Gasteiger partial charge on any atom is -0.252 e. The van der Waals surface area contributed by atoms with Gasteiger partial charge in [0.25, 0.3) is 0 Å². The van der Waals surface area contributed by atoms with Gasteiger partial charge in [0.1, 0.15) is 5.69 Å². The van der Waals surface area contributed by atoms with Crippen LogP contribution in [0.2, 0.25) is 5.02 Å². The lowest BCUT2D eigenvalue weighted by molar-refractivity contribution is 0.624. The second-order valence-electron chi connectivity index (χ2n) is 2.99. The summed E-state index contributed by atoms with van der Waals surface area (Å²) in [5, 5.41) is 0.566. The van der Waals surface area contributed by atoms with E-state index in [4.69, 9.17) is 11.6 Å². The van der Waals surface area contributed by atoms with Crippen molar-refractivity contribution < 1.29 is 4.39 Å². The molecule has 0 spiro atoms. The van der Waals surface area contributed by atoms with Gasteiger partial charge in [-0.25, -0.2) is 4.39 Å². The molecule has 0 fully saturated rings. The number of rotatable bonds is 1. The molecular weight excluding hydrogens is 280 g/mol. The lowest BCUT2D eigenvalue weighted by atomic mass is 10.1. The van der Waals surface area contributed by atoms with Gasteiger partial charge in [-0.3, -0.25) is 4.98 Å². The van der Waals surface area contributed by atoms with E-state index in [0.29, 0.717) is 20.8 Å². The van der Waals surface area contributed by atoms with Gasteiger partial charge in [-0.1, -0.05) is 23.7 Å². The first kappa shape index (κ1) is 10.6. The zero-order valence-corrected chi connectivity index (χ0v) is 9.89. The normalized spacial score (nSPS) is 10.3. The van der Waals surface area contributed by atoms with Crippen molar-refractivity contribution in [1.82, 2.24) is 4.98 Å². The molecule has 1 aromatic heterocycles. The average molecular weight is 287 g/mol. The maximum Gasteiger partial charge on any atom is 0.150 e. The summed E-state index contributed by atoms with van der Waals surface area (Å²) in [6, 6.07) is 8.33. The molecule has 4 heteroatoms. The van der Waals surface area contributed by atoms with Gasteiger partial charge in [0, 0.05) is 21.3 Å². The van der Waals surface area contributed by atoms with Crippen LogP contribution < -0.4 is 0 Å². The second kappa shape index (κ2) is 4.29. The molecule has 15 heavy (non-hydrogen) atoms. The highest BCUT2D eigenvalue weighted by Gasteiger charge is 2.07. The fourth-order valence-corrected chi connectivity index (χ4v) is 1.76. The Kier molecular flexibility index (Phi) is 3.03. The van der Waals surface area contributed by atoms with Crippen LogP contribution in [-0.2, 0) is 0 Å². The summed E-state index contributed by atoms with van der Waals surface area (Å²) in [6.07, 6.45) is 1.55. The summed E-state index contributed by atoms with van der Waals surface area (Å²) in [4.78, 5) is 4.01. The van der Waals surface area contributed by atoms with E-state index < -0.39 is 0 Å². The first-order valence-electron chi connectivity index (χ1n) is 4.24. The Morgan fingerprint density at radius 1 is 1.27 bits per heavy atom. The number of hydrogen-bond donors (Lipinski definition) is 0. The molecule has 1 heterocycles. The van der Waals surface area contributed by atoms with Crippen LogP contribution >= 0.6 is 27.5 Å². The van der Waals surface area contributed by atoms with Crippen molar-refractivity contribution in [2.24, 2.45) is 0 Å². The Morgan fingerprint density at radius 3 is 2.73 bits per heavy atom. The number of hydrogen-bond acceptors (Lipinski definition) is 1. The molecule has 0 bridgehead atoms. The summed E-state index contributed by atoms with van der Waals surface area (Å²) in [5.74, 6) is -0.369. The van der Waals surface area contributed by atoms with Crippen LogP contribution in [0.25, 0.3) is 11.3 Å². The number of nitrogens with zero attached hydrogens (tertiary/aromatic N) is 1. The van der Waals surface area contributed by atoms with Gasteiger partial charge in [-0.15, -0.1) is 0 Å². The topological polar surface area (TPSA) is 12.9 Å². The van der Waals surface area contributed by atoms with Gasteiger partial charge in [0.15, 0.2) is 5.82 Å². The molecule has 76 valence electrons. The Balaban J connectivity index is 2.54. The molecule has 1 aromatic carbocycles. The monoisotopic (exact) mass is 285 g/mol. The minimum atomic E-state index is -0.369. The number of aromatic nitrogens is 1. The Hall–Kier alpha value is -0.930. The first-order valence-corrected chi connectivity index (χ1v) is 5.41. The van der Waals surface area contributed by atoms with Crippen LogP contribution in [0.5, 0.6) is 0 Å². The first-order chi connectivity index (χ1) is 7.16. The summed E-state index contributed by atoms with van der Waals surface area (Å²) in [6.45, 7) is 0. The van der Waals surface area contributed by atoms with E-state index in [2.05, 4.69) is 20.9 Å². The summed E-state index contributed by atoms with van der Waals surface area (Å²) in [5.41, 5.74) is 0.980. The predicted molar refractivity (Wildman–Crippen MR) is 62.3 cm³/mol. The van der Waals surface area contributed by atoms with Gasteiger partial charge >= 0.3 is 0 Å². The summed E-state index contributed by atoms with van der Waals surface area (Å²) < 4.78 is 14.1. The smallest absolute Gasteiger partial charge is 0.150 e. The van der Waals surface area contributed by atoms with Gasteiger partial charge in [0.05, 0.1) is 0 Å². The van der Waals surface area contributed by atoms with E-state index in [-0.39, 0.29) is 5.82 Å². The maximum absolute atomic E-state index is 13.5. The van der Waals surface area contributed by atoms with Crippen LogP contribution in [-0.4, -0.2) is 4.98 Å². The molecule has 0 N–H and O–H groups in total. The number of pyridine rings is 1. The highest BCUT2D eigenvalue weighted by molar-refractivity contribution is 9.10. The predicted octanol–water partition coefficient (Wildman–Crippen LogP) is 4.30. The Bertz CT molecular complexity index is 502. The van der Waals surface area contributed by atoms with E-state index in [1.807, 2.05) is 0 Å². The quantitative estimate of drug-likeness (QED) is 0.761. The largest absolute Gasteiger partial charge is 0.252 e. The third-order valence-electron chi connectivity index (χ3n) is 1.91. The molecule has 0 atom stereocenters. The molecule has 0 aliphatic rings. The van der Waals surface area contributed by atoms with Gasteiger partial charge in [-0.05, 0) is 34.1 Å². The number of benzene rings is 1. The molecule has 0 aliphatic carbocycles. The number of halogens is 3. The second-order valence-corrected chi connectivity index (χ2v) is 4.35. The Labute approximate surface area is 100 Å². The zero-order chi connectivity index (χ0) is 10.8. The molecule has 2 aromatic rings. The van der Waals surface area contributed by atoms with Gasteiger partial charge < -0.3 is 0 Å². The molecular formula is C11H6BrClFN. The fraction of sp³-hybridized carbons (Fsp3) is 0. The summed E-state index contributed by atoms with van der Waals surface area (Å²) >= 11 is 8.97. The van der Waals surface area contributed by atoms with Crippen molar-refractivity contribution in [3.63, 3.8) is 0 Å². The van der Waals surface area contributed by atoms with Crippen molar-refractivity contribution in [1.29, 1.82) is 0 Å². The van der Waals surface area contributed by atoms with Gasteiger partial charge in [0.2, 0.25) is 0 Å². The molecule has 2 rings (SSSR count). The molecule has 0 saturated carbocycles. The van der Waals surface area contributed by atoms with Gasteiger partial charge in [-0.2, -0.15) is 0 Å². The minimum absolute atomic E-state index is 0.306. The molecule has 0 aliphatic heterocycles. The molecule has 0 unspecified atom stereocenters. The SMILES string of the molecule is Fc1cc(Br)cnc1-c1cccc(Cl)c1. The van der Waals surface area contributed by atoms with Crippen LogP contribution in [0, 0.1) is 5.82 Å². The molecule has 1 nitrogen and oxygen atoms in total. The van der Waals surface area contributed by atoms with Crippen molar-refractivity contribution in [2.45, 2.75) is 0 Å². The third kappa shape index (κ3) is 2.36. The van der Waals surface area contributed by atoms with E-state index in [9.17, 15) is 4.39 Å². The van der Waals surface area contributed by atoms with E-state index >= 15 is 0 Å². The molecule has 0 radical (unpaired) electrons. The third-order valence-corrected chi connectivity index (χ3v) is 2.57. The van der Waals surface area contributed by atoms with Crippen LogP contribution in [0.1, 0.15) is 0 Å². The van der Waals surface area contributed by atoms with E-state index in [0.717, 1.165) is 0 Å². The highest BCUT2D eigenvalue weighted by atomic mass is 79.9. The lowest BCUT2D eigenvalue weighted by Gasteiger charge is -2.02. The van der Waals surface area contributed by atoms with Crippen molar-refractivity contribution in [2.75, 3.05) is 0 Å². The summed E-state index contributed by atoms with van der Waals surface area (Å²) in [7, 11) is 0. The van der Waals surface area contributed by atoms with Crippen LogP contribution in [0.4, 0.5) is 4.39 Å². The van der Waals surface area contributed by atoms with Crippen molar-refractivity contribution in [3.05, 3.63) is 51.8 Å². The maximum atomic E-state index is 13.5. The highest BCUT2D eigenvalue weighted by Crippen LogP contribution is 2.24. The van der Waals surface area contributed by atoms with Crippen molar-refractivity contribution >= 4 is 27.5 Å². The molecule has 0 saturated heterocycles. The fourth-order valence-electron chi connectivity index (χ4n) is 1.26. The lowest BCUT2D eigenvalue weighted by Crippen LogP contribution is -1.88. The van der Waals surface area contributed by atoms with Crippen LogP contribution in [0.15, 0.2) is 41.0 Å². The molecule has 0 amide bonds. The van der Waals surface area contributed by atoms with Crippen molar-refractivity contribution in [3.8, 4) is 11.3 Å².